The summed E-state index contributed by atoms with van der Waals surface area (Å²) in [6, 6.07) is 6.89. The molecule has 14 heteroatoms. The normalized spacial score (nSPS) is 12.3. The molecule has 36 heavy (non-hydrogen) atoms. The third kappa shape index (κ3) is 6.61. The summed E-state index contributed by atoms with van der Waals surface area (Å²) in [5.74, 6) is 3.51. The highest BCUT2D eigenvalue weighted by Crippen LogP contribution is 2.21. The number of nitrogens with two attached hydrogens (primary N) is 2. The molecule has 2 amide bonds. The van der Waals surface area contributed by atoms with Gasteiger partial charge in [0.1, 0.15) is 22.8 Å². The third-order valence-corrected chi connectivity index (χ3v) is 4.89. The first kappa shape index (κ1) is 26.2. The van der Waals surface area contributed by atoms with Crippen molar-refractivity contribution in [1.29, 1.82) is 0 Å². The average Bonchev–Trinajstić information content (AvgIpc) is 2.84. The van der Waals surface area contributed by atoms with Crippen LogP contribution in [0.5, 0.6) is 0 Å². The number of hydrogen-bond acceptors (Lipinski definition) is 9. The standard InChI is InChI=1S/C22H21ClF2N8O3/c1-11(15-7-13(24)9-30-19(15)25)36-22(35)32-20(33(2)27)18(26)16-5-4-14(10-28-16)31-21(34)12-3-6-17(23)29-8-12/h3-11H,26-27H2,1-2H3,(H,31,34)(H,32,35)/b20-18-/t11-/m1/s1. The van der Waals surface area contributed by atoms with Crippen molar-refractivity contribution in [3.05, 3.63) is 88.5 Å². The first-order chi connectivity index (χ1) is 17.0. The number of hydrazine groups is 1. The second-order valence-electron chi connectivity index (χ2n) is 7.34. The van der Waals surface area contributed by atoms with Crippen LogP contribution in [-0.2, 0) is 4.74 Å². The SMILES string of the molecule is C[C@@H](OC(=O)N/C(=C(/N)c1ccc(NC(=O)c2ccc(Cl)nc2)cn1)N(C)N)c1cc(F)cnc1F. The molecule has 0 spiro atoms. The Bertz CT molecular complexity index is 1290. The van der Waals surface area contributed by atoms with E-state index in [2.05, 4.69) is 25.6 Å². The number of ether oxygens (including phenoxy) is 1. The van der Waals surface area contributed by atoms with Gasteiger partial charge in [0.05, 0.1) is 34.9 Å². The van der Waals surface area contributed by atoms with E-state index >= 15 is 0 Å². The highest BCUT2D eigenvalue weighted by atomic mass is 35.5. The Kier molecular flexibility index (Phi) is 8.30. The molecule has 3 heterocycles. The molecule has 0 unspecified atom stereocenters. The number of hydrogen-bond donors (Lipinski definition) is 4. The fraction of sp³-hybridized carbons (Fsp3) is 0.136. The van der Waals surface area contributed by atoms with E-state index in [9.17, 15) is 18.4 Å². The van der Waals surface area contributed by atoms with Crippen LogP contribution in [0.4, 0.5) is 19.3 Å². The Morgan fingerprint density at radius 3 is 2.47 bits per heavy atom. The highest BCUT2D eigenvalue weighted by Gasteiger charge is 2.20. The van der Waals surface area contributed by atoms with Gasteiger partial charge in [-0.05, 0) is 37.3 Å². The lowest BCUT2D eigenvalue weighted by molar-refractivity contribution is 0.102. The average molecular weight is 519 g/mol. The lowest BCUT2D eigenvalue weighted by Gasteiger charge is -2.21. The van der Waals surface area contributed by atoms with E-state index in [0.29, 0.717) is 17.4 Å². The van der Waals surface area contributed by atoms with Gasteiger partial charge in [-0.2, -0.15) is 4.39 Å². The van der Waals surface area contributed by atoms with Crippen molar-refractivity contribution in [2.75, 3.05) is 12.4 Å². The van der Waals surface area contributed by atoms with Gasteiger partial charge in [0, 0.05) is 13.2 Å². The number of nitrogens with zero attached hydrogens (tertiary/aromatic N) is 4. The molecule has 188 valence electrons. The van der Waals surface area contributed by atoms with Crippen LogP contribution in [0.1, 0.15) is 34.6 Å². The zero-order chi connectivity index (χ0) is 26.4. The van der Waals surface area contributed by atoms with Crippen LogP contribution in [0.2, 0.25) is 5.15 Å². The number of alkyl carbamates (subject to hydrolysis) is 1. The Morgan fingerprint density at radius 2 is 1.86 bits per heavy atom. The first-order valence-electron chi connectivity index (χ1n) is 10.2. The van der Waals surface area contributed by atoms with E-state index in [4.69, 9.17) is 27.9 Å². The molecule has 0 fully saturated rings. The number of rotatable bonds is 7. The van der Waals surface area contributed by atoms with Gasteiger partial charge in [-0.3, -0.25) is 20.1 Å². The Morgan fingerprint density at radius 1 is 1.11 bits per heavy atom. The molecule has 0 aliphatic carbocycles. The molecule has 0 aromatic carbocycles. The highest BCUT2D eigenvalue weighted by molar-refractivity contribution is 6.29. The summed E-state index contributed by atoms with van der Waals surface area (Å²) >= 11 is 5.72. The summed E-state index contributed by atoms with van der Waals surface area (Å²) in [5, 5.41) is 6.26. The third-order valence-electron chi connectivity index (χ3n) is 4.67. The lowest BCUT2D eigenvalue weighted by atomic mass is 10.2. The van der Waals surface area contributed by atoms with Crippen LogP contribution in [0.3, 0.4) is 0 Å². The minimum Gasteiger partial charge on any atom is -0.441 e. The van der Waals surface area contributed by atoms with Crippen LogP contribution in [0, 0.1) is 11.8 Å². The minimum absolute atomic E-state index is 0.0389. The van der Waals surface area contributed by atoms with Gasteiger partial charge >= 0.3 is 6.09 Å². The van der Waals surface area contributed by atoms with E-state index in [1.54, 1.807) is 0 Å². The summed E-state index contributed by atoms with van der Waals surface area (Å²) in [5.41, 5.74) is 6.70. The maximum Gasteiger partial charge on any atom is 0.413 e. The fourth-order valence-electron chi connectivity index (χ4n) is 2.88. The minimum atomic E-state index is -1.17. The summed E-state index contributed by atoms with van der Waals surface area (Å²) in [6.45, 7) is 1.34. The molecule has 6 N–H and O–H groups in total. The quantitative estimate of drug-likeness (QED) is 0.209. The Hall–Kier alpha value is -4.36. The number of nitrogens with one attached hydrogen (secondary N) is 2. The van der Waals surface area contributed by atoms with Gasteiger partial charge in [-0.25, -0.2) is 25.0 Å². The number of halogens is 3. The van der Waals surface area contributed by atoms with Crippen LogP contribution in [0.25, 0.3) is 5.70 Å². The lowest BCUT2D eigenvalue weighted by Crippen LogP contribution is -2.39. The predicted octanol–water partition coefficient (Wildman–Crippen LogP) is 2.93. The molecular formula is C22H21ClF2N8O3. The molecule has 0 radical (unpaired) electrons. The van der Waals surface area contributed by atoms with Gasteiger partial charge in [0.15, 0.2) is 5.82 Å². The Labute approximate surface area is 209 Å². The van der Waals surface area contributed by atoms with Gasteiger partial charge in [-0.1, -0.05) is 11.6 Å². The van der Waals surface area contributed by atoms with Gasteiger partial charge in [0.25, 0.3) is 5.91 Å². The summed E-state index contributed by atoms with van der Waals surface area (Å²) in [6.07, 6.45) is 1.17. The maximum atomic E-state index is 13.8. The van der Waals surface area contributed by atoms with E-state index < -0.39 is 29.9 Å². The zero-order valence-corrected chi connectivity index (χ0v) is 19.8. The van der Waals surface area contributed by atoms with Gasteiger partial charge in [0.2, 0.25) is 5.95 Å². The maximum absolute atomic E-state index is 13.8. The second kappa shape index (κ2) is 11.4. The predicted molar refractivity (Wildman–Crippen MR) is 127 cm³/mol. The molecule has 0 saturated carbocycles. The fourth-order valence-corrected chi connectivity index (χ4v) is 2.99. The zero-order valence-electron chi connectivity index (χ0n) is 19.0. The molecule has 0 bridgehead atoms. The topological polar surface area (TPSA) is 161 Å². The molecule has 11 nitrogen and oxygen atoms in total. The van der Waals surface area contributed by atoms with Crippen molar-refractivity contribution in [3.63, 3.8) is 0 Å². The number of amides is 2. The number of pyridine rings is 3. The van der Waals surface area contributed by atoms with E-state index in [1.165, 1.54) is 50.6 Å². The molecule has 0 aliphatic rings. The molecule has 3 rings (SSSR count). The van der Waals surface area contributed by atoms with Crippen molar-refractivity contribution < 1.29 is 23.1 Å². The van der Waals surface area contributed by atoms with Crippen molar-refractivity contribution in [2.24, 2.45) is 11.6 Å². The summed E-state index contributed by atoms with van der Waals surface area (Å²) in [7, 11) is 1.40. The summed E-state index contributed by atoms with van der Waals surface area (Å²) < 4.78 is 32.3. The van der Waals surface area contributed by atoms with E-state index in [0.717, 1.165) is 11.1 Å². The monoisotopic (exact) mass is 518 g/mol. The molecule has 1 atom stereocenters. The van der Waals surface area contributed by atoms with Crippen LogP contribution in [-0.4, -0.2) is 39.0 Å². The molecule has 3 aromatic rings. The molecule has 3 aromatic heterocycles. The molecule has 0 saturated heterocycles. The summed E-state index contributed by atoms with van der Waals surface area (Å²) in [4.78, 5) is 36.0. The Balaban J connectivity index is 1.71. The second-order valence-corrected chi connectivity index (χ2v) is 7.72. The smallest absolute Gasteiger partial charge is 0.413 e. The van der Waals surface area contributed by atoms with Crippen LogP contribution < -0.4 is 22.2 Å². The molecular weight excluding hydrogens is 498 g/mol. The van der Waals surface area contributed by atoms with Crippen molar-refractivity contribution in [2.45, 2.75) is 13.0 Å². The van der Waals surface area contributed by atoms with Gasteiger partial charge < -0.3 is 15.8 Å². The van der Waals surface area contributed by atoms with E-state index in [1.807, 2.05) is 0 Å². The van der Waals surface area contributed by atoms with Gasteiger partial charge in [-0.15, -0.1) is 0 Å². The van der Waals surface area contributed by atoms with Crippen molar-refractivity contribution in [1.82, 2.24) is 25.3 Å². The van der Waals surface area contributed by atoms with Crippen LogP contribution in [0.15, 0.2) is 54.7 Å². The largest absolute Gasteiger partial charge is 0.441 e. The van der Waals surface area contributed by atoms with Crippen LogP contribution >= 0.6 is 11.6 Å². The number of anilines is 1. The van der Waals surface area contributed by atoms with Crippen molar-refractivity contribution in [3.8, 4) is 0 Å². The van der Waals surface area contributed by atoms with Crippen molar-refractivity contribution >= 4 is 35.0 Å². The number of carbonyl (C=O) groups is 2. The first-order valence-corrected chi connectivity index (χ1v) is 10.6. The van der Waals surface area contributed by atoms with E-state index in [-0.39, 0.29) is 27.9 Å². The molecule has 0 aliphatic heterocycles. The number of carbonyl (C=O) groups excluding carboxylic acids is 2. The number of aromatic nitrogens is 3.